The molecule has 0 amide bonds. The summed E-state index contributed by atoms with van der Waals surface area (Å²) in [6, 6.07) is 22.5. The molecule has 3 aromatic rings. The number of rotatable bonds is 6. The van der Waals surface area contributed by atoms with Gasteiger partial charge >= 0.3 is 5.97 Å². The van der Waals surface area contributed by atoms with Gasteiger partial charge in [0.2, 0.25) is 0 Å². The molecule has 8 atom stereocenters. The fourth-order valence-corrected chi connectivity index (χ4v) is 17.4. The maximum absolute atomic E-state index is 13.7. The van der Waals surface area contributed by atoms with Crippen LogP contribution in [-0.2, 0) is 34.0 Å². The highest BCUT2D eigenvalue weighted by molar-refractivity contribution is 6.99. The van der Waals surface area contributed by atoms with Crippen molar-refractivity contribution in [2.24, 2.45) is 35.0 Å². The van der Waals surface area contributed by atoms with Crippen molar-refractivity contribution in [3.8, 4) is 0 Å². The van der Waals surface area contributed by atoms with Crippen molar-refractivity contribution >= 4 is 24.7 Å². The monoisotopic (exact) mass is 691 g/mol. The predicted octanol–water partition coefficient (Wildman–Crippen LogP) is 9.25. The highest BCUT2D eigenvalue weighted by Gasteiger charge is 2.62. The second kappa shape index (κ2) is 12.5. The second-order valence-electron chi connectivity index (χ2n) is 18.6. The molecule has 2 heterocycles. The number of esters is 1. The van der Waals surface area contributed by atoms with E-state index in [1.165, 1.54) is 72.3 Å². The lowest BCUT2D eigenvalue weighted by Gasteiger charge is -2.61. The molecule has 4 aliphatic carbocycles. The van der Waals surface area contributed by atoms with Gasteiger partial charge in [-0.05, 0) is 133 Å². The summed E-state index contributed by atoms with van der Waals surface area (Å²) < 4.78 is 16.2. The summed E-state index contributed by atoms with van der Waals surface area (Å²) in [5.41, 5.74) is 5.57. The van der Waals surface area contributed by atoms with E-state index in [4.69, 9.17) is 9.16 Å². The first-order valence-corrected chi connectivity index (χ1v) is 22.0. The molecule has 8 rings (SSSR count). The molecule has 3 fully saturated rings. The lowest BCUT2D eigenvalue weighted by Crippen LogP contribution is -2.68. The fourth-order valence-electron chi connectivity index (χ4n) is 12.7. The van der Waals surface area contributed by atoms with E-state index < -0.39 is 8.32 Å². The van der Waals surface area contributed by atoms with Crippen LogP contribution in [-0.4, -0.2) is 31.6 Å². The first-order chi connectivity index (χ1) is 23.9. The number of ether oxygens (including phenoxy) is 1. The molecule has 3 saturated carbocycles. The van der Waals surface area contributed by atoms with Crippen molar-refractivity contribution in [3.05, 3.63) is 83.2 Å². The smallest absolute Gasteiger partial charge is 0.340 e. The number of aromatic nitrogens is 1. The Morgan fingerprint density at radius 1 is 0.880 bits per heavy atom. The highest BCUT2D eigenvalue weighted by atomic mass is 28.4. The van der Waals surface area contributed by atoms with Crippen LogP contribution in [0.4, 0.5) is 0 Å². The summed E-state index contributed by atoms with van der Waals surface area (Å²) in [6.45, 7) is 18.3. The van der Waals surface area contributed by atoms with Crippen LogP contribution in [0, 0.1) is 35.0 Å². The van der Waals surface area contributed by atoms with Crippen LogP contribution >= 0.6 is 0 Å². The highest BCUT2D eigenvalue weighted by Crippen LogP contribution is 2.66. The van der Waals surface area contributed by atoms with Gasteiger partial charge in [0.1, 0.15) is 0 Å². The van der Waals surface area contributed by atoms with Crippen LogP contribution in [0.15, 0.2) is 60.7 Å². The van der Waals surface area contributed by atoms with Crippen molar-refractivity contribution in [2.75, 3.05) is 6.61 Å². The van der Waals surface area contributed by atoms with Gasteiger partial charge in [0, 0.05) is 24.0 Å². The minimum Gasteiger partial charge on any atom is -0.462 e. The lowest BCUT2D eigenvalue weighted by molar-refractivity contribution is -0.109. The Morgan fingerprint density at radius 2 is 1.56 bits per heavy atom. The number of carbonyl (C=O) groups excluding carboxylic acids is 1. The third-order valence-corrected chi connectivity index (χ3v) is 20.2. The zero-order chi connectivity index (χ0) is 35.1. The van der Waals surface area contributed by atoms with Crippen molar-refractivity contribution in [3.63, 3.8) is 0 Å². The van der Waals surface area contributed by atoms with Gasteiger partial charge in [-0.25, -0.2) is 4.79 Å². The minimum absolute atomic E-state index is 0.000677. The molecule has 268 valence electrons. The van der Waals surface area contributed by atoms with Crippen LogP contribution in [0.25, 0.3) is 0 Å². The molecular formula is C45H61NO3Si. The molecule has 0 spiro atoms. The van der Waals surface area contributed by atoms with E-state index in [2.05, 4.69) is 107 Å². The number of benzene rings is 2. The zero-order valence-corrected chi connectivity index (χ0v) is 32.9. The van der Waals surface area contributed by atoms with Crippen LogP contribution in [0.5, 0.6) is 0 Å². The number of nitrogens with zero attached hydrogens (tertiary/aromatic N) is 1. The van der Waals surface area contributed by atoms with Crippen LogP contribution in [0.3, 0.4) is 0 Å². The Kier molecular flexibility index (Phi) is 8.61. The molecule has 1 aliphatic heterocycles. The van der Waals surface area contributed by atoms with Gasteiger partial charge in [-0.15, -0.1) is 0 Å². The molecule has 0 radical (unpaired) electrons. The molecule has 0 N–H and O–H groups in total. The summed E-state index contributed by atoms with van der Waals surface area (Å²) in [7, 11) is -2.59. The Bertz CT molecular complexity index is 1680. The van der Waals surface area contributed by atoms with E-state index >= 15 is 0 Å². The normalized spacial score (nSPS) is 33.4. The van der Waals surface area contributed by atoms with Crippen LogP contribution in [0.1, 0.15) is 127 Å². The lowest BCUT2D eigenvalue weighted by atomic mass is 9.45. The molecule has 50 heavy (non-hydrogen) atoms. The average molecular weight is 692 g/mol. The second-order valence-corrected chi connectivity index (χ2v) is 22.9. The largest absolute Gasteiger partial charge is 0.462 e. The van der Waals surface area contributed by atoms with Crippen molar-refractivity contribution < 1.29 is 14.0 Å². The van der Waals surface area contributed by atoms with Crippen molar-refractivity contribution in [1.82, 2.24) is 4.57 Å². The number of carbonyl (C=O) groups is 1. The van der Waals surface area contributed by atoms with Crippen LogP contribution < -0.4 is 10.4 Å². The maximum Gasteiger partial charge on any atom is 0.340 e. The molecule has 1 aromatic heterocycles. The van der Waals surface area contributed by atoms with Gasteiger partial charge in [0.15, 0.2) is 0 Å². The molecular weight excluding hydrogens is 631 g/mol. The summed E-state index contributed by atoms with van der Waals surface area (Å²) in [5.74, 6) is 3.40. The predicted molar refractivity (Wildman–Crippen MR) is 206 cm³/mol. The average Bonchev–Trinajstić information content (AvgIpc) is 3.59. The number of hydrogen-bond donors (Lipinski definition) is 0. The first kappa shape index (κ1) is 34.5. The van der Waals surface area contributed by atoms with E-state index in [0.717, 1.165) is 43.2 Å². The van der Waals surface area contributed by atoms with E-state index in [9.17, 15) is 4.79 Å². The van der Waals surface area contributed by atoms with Crippen LogP contribution in [0.2, 0.25) is 5.04 Å². The van der Waals surface area contributed by atoms with Gasteiger partial charge < -0.3 is 13.7 Å². The SMILES string of the molecule is CCOC(=O)c1c2c(n3c1CC[C@H](C)C3)C[C@H]1[C@@H]3CC[C@H]4C[C@@H](O[Si](c5ccccc5)(c5ccccc5)C(C)(C)C)CC[C@]4(C)[C@H]3CC[C@]21C. The van der Waals surface area contributed by atoms with Gasteiger partial charge in [-0.1, -0.05) is 102 Å². The molecule has 0 unspecified atom stereocenters. The Hall–Kier alpha value is -2.63. The number of fused-ring (bicyclic) bond motifs is 9. The van der Waals surface area contributed by atoms with E-state index in [-0.39, 0.29) is 16.4 Å². The van der Waals surface area contributed by atoms with E-state index in [1.807, 2.05) is 6.92 Å². The summed E-state index contributed by atoms with van der Waals surface area (Å²) in [6.07, 6.45) is 12.3. The molecule has 5 heteroatoms. The topological polar surface area (TPSA) is 40.5 Å². The molecule has 0 bridgehead atoms. The molecule has 4 nitrogen and oxygen atoms in total. The van der Waals surface area contributed by atoms with Crippen molar-refractivity contribution in [2.45, 2.75) is 136 Å². The molecule has 0 saturated heterocycles. The minimum atomic E-state index is -2.59. The maximum atomic E-state index is 13.7. The Morgan fingerprint density at radius 3 is 2.20 bits per heavy atom. The zero-order valence-electron chi connectivity index (χ0n) is 31.9. The quantitative estimate of drug-likeness (QED) is 0.191. The van der Waals surface area contributed by atoms with Gasteiger partial charge in [0.05, 0.1) is 12.2 Å². The summed E-state index contributed by atoms with van der Waals surface area (Å²) >= 11 is 0. The standard InChI is InChI=1S/C45H61NO3Si/c1-8-48-42(47)40-38-22-19-30(2)29-46(38)39-28-37-35-21-20-31-27-32(23-25-44(31,6)36(35)24-26-45(37,7)41(39)40)49-50(43(3,4)5,33-15-11-9-12-16-33)34-17-13-10-14-18-34/h9-18,30-32,35-37H,8,19-29H2,1-7H3/t30-,31-,32-,35+,36-,37-,44-,45-/m0/s1. The fraction of sp³-hybridized carbons (Fsp3) is 0.622. The van der Waals surface area contributed by atoms with Crippen molar-refractivity contribution in [1.29, 1.82) is 0 Å². The molecule has 2 aromatic carbocycles. The first-order valence-electron chi connectivity index (χ1n) is 20.1. The van der Waals surface area contributed by atoms with E-state index in [1.54, 1.807) is 0 Å². The van der Waals surface area contributed by atoms with E-state index in [0.29, 0.717) is 35.9 Å². The van der Waals surface area contributed by atoms with Gasteiger partial charge in [-0.3, -0.25) is 0 Å². The third-order valence-electron chi connectivity index (χ3n) is 15.1. The van der Waals surface area contributed by atoms with Gasteiger partial charge in [0.25, 0.3) is 8.32 Å². The Labute approximate surface area is 302 Å². The summed E-state index contributed by atoms with van der Waals surface area (Å²) in [5, 5.41) is 2.79. The Balaban J connectivity index is 1.08. The summed E-state index contributed by atoms with van der Waals surface area (Å²) in [4.78, 5) is 13.7. The van der Waals surface area contributed by atoms with Gasteiger partial charge in [-0.2, -0.15) is 0 Å². The number of hydrogen-bond acceptors (Lipinski definition) is 3. The molecule has 5 aliphatic rings. The third kappa shape index (κ3) is 5.10.